The van der Waals surface area contributed by atoms with Crippen LogP contribution in [0.3, 0.4) is 0 Å². The van der Waals surface area contributed by atoms with Gasteiger partial charge in [-0.25, -0.2) is 0 Å². The molecule has 11 heteroatoms. The zero-order chi connectivity index (χ0) is 22.4. The molecule has 0 saturated carbocycles. The van der Waals surface area contributed by atoms with Gasteiger partial charge in [-0.2, -0.15) is 11.8 Å². The van der Waals surface area contributed by atoms with E-state index in [1.54, 1.807) is 13.8 Å². The highest BCUT2D eigenvalue weighted by atomic mass is 32.2. The monoisotopic (exact) mass is 433 g/mol. The molecule has 0 bridgehead atoms. The van der Waals surface area contributed by atoms with Crippen molar-refractivity contribution >= 4 is 35.5 Å². The molecule has 0 aromatic heterocycles. The van der Waals surface area contributed by atoms with Gasteiger partial charge in [-0.05, 0) is 43.7 Å². The van der Waals surface area contributed by atoms with Crippen LogP contribution in [-0.4, -0.2) is 72.0 Å². The van der Waals surface area contributed by atoms with E-state index < -0.39 is 48.4 Å². The number of nitrogens with two attached hydrogens (primary N) is 2. The molecule has 0 aliphatic heterocycles. The molecule has 0 radical (unpaired) electrons. The molecule has 3 atom stereocenters. The van der Waals surface area contributed by atoms with E-state index in [2.05, 4.69) is 16.0 Å². The lowest BCUT2D eigenvalue weighted by atomic mass is 10.0. The van der Waals surface area contributed by atoms with Crippen LogP contribution in [0.4, 0.5) is 0 Å². The van der Waals surface area contributed by atoms with Gasteiger partial charge in [-0.15, -0.1) is 0 Å². The molecule has 0 saturated heterocycles. The second-order valence-corrected chi connectivity index (χ2v) is 8.06. The minimum Gasteiger partial charge on any atom is -0.480 e. The summed E-state index contributed by atoms with van der Waals surface area (Å²) in [5.74, 6) is -2.36. The summed E-state index contributed by atoms with van der Waals surface area (Å²) in [6.45, 7) is 3.44. The van der Waals surface area contributed by atoms with Crippen LogP contribution in [-0.2, 0) is 19.2 Å². The number of hydrogen-bond donors (Lipinski definition) is 6. The Bertz CT molecular complexity index is 547. The first kappa shape index (κ1) is 27.1. The van der Waals surface area contributed by atoms with Crippen molar-refractivity contribution in [1.29, 1.82) is 0 Å². The van der Waals surface area contributed by atoms with Gasteiger partial charge in [-0.3, -0.25) is 19.2 Å². The van der Waals surface area contributed by atoms with Crippen molar-refractivity contribution in [2.75, 3.05) is 25.1 Å². The molecule has 0 aliphatic carbocycles. The van der Waals surface area contributed by atoms with E-state index in [-0.39, 0.29) is 5.92 Å². The van der Waals surface area contributed by atoms with E-state index in [9.17, 15) is 19.2 Å². The molecule has 10 nitrogen and oxygen atoms in total. The van der Waals surface area contributed by atoms with E-state index in [1.807, 2.05) is 6.26 Å². The Morgan fingerprint density at radius 3 is 2.17 bits per heavy atom. The summed E-state index contributed by atoms with van der Waals surface area (Å²) in [6, 6.07) is -2.51. The number of carbonyl (C=O) groups is 4. The van der Waals surface area contributed by atoms with E-state index in [1.165, 1.54) is 11.8 Å². The van der Waals surface area contributed by atoms with Gasteiger partial charge < -0.3 is 32.5 Å². The third-order valence-corrected chi connectivity index (χ3v) is 4.85. The summed E-state index contributed by atoms with van der Waals surface area (Å²) in [5, 5.41) is 16.3. The summed E-state index contributed by atoms with van der Waals surface area (Å²) in [4.78, 5) is 48.0. The first-order valence-corrected chi connectivity index (χ1v) is 11.1. The molecular formula is C18H35N5O5S. The summed E-state index contributed by atoms with van der Waals surface area (Å²) in [7, 11) is 0. The lowest BCUT2D eigenvalue weighted by Crippen LogP contribution is -2.57. The number of thioether (sulfide) groups is 1. The molecule has 0 aromatic rings. The van der Waals surface area contributed by atoms with E-state index in [0.29, 0.717) is 31.6 Å². The van der Waals surface area contributed by atoms with Crippen LogP contribution in [0.15, 0.2) is 0 Å². The first-order chi connectivity index (χ1) is 13.6. The summed E-state index contributed by atoms with van der Waals surface area (Å²) in [6.07, 6.45) is 4.19. The van der Waals surface area contributed by atoms with Gasteiger partial charge in [0.1, 0.15) is 18.6 Å². The van der Waals surface area contributed by atoms with Crippen LogP contribution >= 0.6 is 11.8 Å². The van der Waals surface area contributed by atoms with Gasteiger partial charge in [-0.1, -0.05) is 20.3 Å². The van der Waals surface area contributed by atoms with Gasteiger partial charge in [0.25, 0.3) is 0 Å². The first-order valence-electron chi connectivity index (χ1n) is 9.68. The molecule has 8 N–H and O–H groups in total. The third kappa shape index (κ3) is 11.7. The number of unbranched alkanes of at least 4 members (excludes halogenated alkanes) is 1. The Balaban J connectivity index is 5.03. The predicted octanol–water partition coefficient (Wildman–Crippen LogP) is -0.978. The zero-order valence-electron chi connectivity index (χ0n) is 17.4. The van der Waals surface area contributed by atoms with Crippen molar-refractivity contribution in [3.63, 3.8) is 0 Å². The van der Waals surface area contributed by atoms with Gasteiger partial charge in [0.15, 0.2) is 0 Å². The number of carboxylic acid groups (broad SMARTS) is 1. The fourth-order valence-corrected chi connectivity index (χ4v) is 2.96. The summed E-state index contributed by atoms with van der Waals surface area (Å²) in [5.41, 5.74) is 11.3. The number of carboxylic acids is 1. The Hall–Kier alpha value is -1.85. The van der Waals surface area contributed by atoms with Crippen molar-refractivity contribution in [2.45, 2.75) is 57.7 Å². The van der Waals surface area contributed by atoms with Crippen LogP contribution in [0.2, 0.25) is 0 Å². The van der Waals surface area contributed by atoms with Gasteiger partial charge in [0, 0.05) is 0 Å². The van der Waals surface area contributed by atoms with Crippen molar-refractivity contribution in [3.8, 4) is 0 Å². The number of amides is 3. The quantitative estimate of drug-likeness (QED) is 0.179. The zero-order valence-corrected chi connectivity index (χ0v) is 18.2. The highest BCUT2D eigenvalue weighted by molar-refractivity contribution is 7.98. The number of rotatable bonds is 15. The minimum absolute atomic E-state index is 0.275. The maximum atomic E-state index is 12.7. The Kier molecular flexibility index (Phi) is 14.1. The second kappa shape index (κ2) is 15.1. The van der Waals surface area contributed by atoms with Crippen LogP contribution in [0.1, 0.15) is 39.5 Å². The molecule has 3 unspecified atom stereocenters. The predicted molar refractivity (Wildman–Crippen MR) is 113 cm³/mol. The van der Waals surface area contributed by atoms with Crippen molar-refractivity contribution in [1.82, 2.24) is 16.0 Å². The fraction of sp³-hybridized carbons (Fsp3) is 0.778. The number of nitrogens with one attached hydrogen (secondary N) is 3. The van der Waals surface area contributed by atoms with Crippen LogP contribution in [0, 0.1) is 5.92 Å². The number of carbonyl (C=O) groups excluding carboxylic acids is 3. The molecule has 3 amide bonds. The lowest BCUT2D eigenvalue weighted by Gasteiger charge is -2.25. The van der Waals surface area contributed by atoms with Crippen LogP contribution in [0.25, 0.3) is 0 Å². The molecule has 0 aliphatic rings. The molecule has 0 aromatic carbocycles. The highest BCUT2D eigenvalue weighted by Gasteiger charge is 2.29. The molecular weight excluding hydrogens is 398 g/mol. The molecule has 0 spiro atoms. The lowest BCUT2D eigenvalue weighted by molar-refractivity contribution is -0.139. The largest absolute Gasteiger partial charge is 0.480 e. The van der Waals surface area contributed by atoms with Gasteiger partial charge >= 0.3 is 5.97 Å². The van der Waals surface area contributed by atoms with E-state index in [4.69, 9.17) is 16.6 Å². The normalized spacial score (nSPS) is 14.0. The Labute approximate surface area is 176 Å². The van der Waals surface area contributed by atoms with E-state index >= 15 is 0 Å². The van der Waals surface area contributed by atoms with Crippen LogP contribution < -0.4 is 27.4 Å². The molecule has 0 rings (SSSR count). The average molecular weight is 434 g/mol. The van der Waals surface area contributed by atoms with Gasteiger partial charge in [0.2, 0.25) is 17.7 Å². The SMILES string of the molecule is CSCCC(NC(=O)C(N)CCCCN)C(=O)NC(C(=O)NCC(=O)O)C(C)C. The maximum Gasteiger partial charge on any atom is 0.322 e. The summed E-state index contributed by atoms with van der Waals surface area (Å²) < 4.78 is 0. The van der Waals surface area contributed by atoms with E-state index in [0.717, 1.165) is 6.42 Å². The fourth-order valence-electron chi connectivity index (χ4n) is 2.48. The Morgan fingerprint density at radius 1 is 1.00 bits per heavy atom. The number of hydrogen-bond acceptors (Lipinski definition) is 7. The maximum absolute atomic E-state index is 12.7. The highest BCUT2D eigenvalue weighted by Crippen LogP contribution is 2.07. The molecule has 29 heavy (non-hydrogen) atoms. The molecule has 0 heterocycles. The minimum atomic E-state index is -1.18. The van der Waals surface area contributed by atoms with Gasteiger partial charge in [0.05, 0.1) is 6.04 Å². The number of aliphatic carboxylic acids is 1. The van der Waals surface area contributed by atoms with Crippen molar-refractivity contribution in [3.05, 3.63) is 0 Å². The summed E-state index contributed by atoms with van der Waals surface area (Å²) >= 11 is 1.52. The van der Waals surface area contributed by atoms with Crippen molar-refractivity contribution < 1.29 is 24.3 Å². The smallest absolute Gasteiger partial charge is 0.322 e. The van der Waals surface area contributed by atoms with Crippen molar-refractivity contribution in [2.24, 2.45) is 17.4 Å². The molecule has 0 fully saturated rings. The average Bonchev–Trinajstić information content (AvgIpc) is 2.66. The molecule has 168 valence electrons. The Morgan fingerprint density at radius 2 is 1.66 bits per heavy atom. The van der Waals surface area contributed by atoms with Crippen LogP contribution in [0.5, 0.6) is 0 Å². The second-order valence-electron chi connectivity index (χ2n) is 7.08. The third-order valence-electron chi connectivity index (χ3n) is 4.21. The standard InChI is InChI=1S/C18H35N5O5S/c1-11(2)15(18(28)21-10-14(24)25)23-17(27)13(7-9-29-3)22-16(26)12(20)6-4-5-8-19/h11-13,15H,4-10,19-20H2,1-3H3,(H,21,28)(H,22,26)(H,23,27)(H,24,25). The topological polar surface area (TPSA) is 177 Å².